The lowest BCUT2D eigenvalue weighted by Gasteiger charge is -2.10. The van der Waals surface area contributed by atoms with E-state index in [1.807, 2.05) is 0 Å². The smallest absolute Gasteiger partial charge is 0.0346 e. The maximum atomic E-state index is 3.59. The first-order chi connectivity index (χ1) is 7.65. The molecule has 0 saturated heterocycles. The van der Waals surface area contributed by atoms with Crippen LogP contribution in [-0.4, -0.2) is 6.54 Å². The summed E-state index contributed by atoms with van der Waals surface area (Å²) < 4.78 is 1.23. The molecule has 1 aromatic rings. The molecule has 0 fully saturated rings. The van der Waals surface area contributed by atoms with Crippen molar-refractivity contribution in [3.8, 4) is 0 Å². The van der Waals surface area contributed by atoms with Crippen LogP contribution in [0.5, 0.6) is 0 Å². The quantitative estimate of drug-likeness (QED) is 0.720. The Bertz CT molecular complexity index is 311. The Morgan fingerprint density at radius 3 is 2.25 bits per heavy atom. The summed E-state index contributed by atoms with van der Waals surface area (Å²) >= 11 is 3.59. The summed E-state index contributed by atoms with van der Waals surface area (Å²) in [5, 5.41) is 3.49. The summed E-state index contributed by atoms with van der Waals surface area (Å²) in [5.74, 6) is 0. The molecule has 0 heterocycles. The Morgan fingerprint density at radius 2 is 1.69 bits per heavy atom. The van der Waals surface area contributed by atoms with Crippen molar-refractivity contribution < 1.29 is 0 Å². The van der Waals surface area contributed by atoms with Gasteiger partial charge < -0.3 is 5.32 Å². The van der Waals surface area contributed by atoms with Gasteiger partial charge in [0.25, 0.3) is 0 Å². The van der Waals surface area contributed by atoms with Crippen LogP contribution >= 0.6 is 15.9 Å². The minimum absolute atomic E-state index is 1.08. The van der Waals surface area contributed by atoms with Crippen LogP contribution in [0.4, 0.5) is 5.69 Å². The van der Waals surface area contributed by atoms with E-state index in [0.29, 0.717) is 0 Å². The van der Waals surface area contributed by atoms with E-state index in [1.54, 1.807) is 0 Å². The standard InChI is InChI=1S/C14H22BrN/c1-4-5-6-7-8-16-13-9-11(2)14(15)12(3)10-13/h9-10,16H,4-8H2,1-3H3. The number of nitrogens with one attached hydrogen (secondary N) is 1. The number of anilines is 1. The SMILES string of the molecule is CCCCCCNc1cc(C)c(Br)c(C)c1. The molecule has 0 aliphatic rings. The van der Waals surface area contributed by atoms with E-state index in [2.05, 4.69) is 54.2 Å². The lowest BCUT2D eigenvalue weighted by atomic mass is 10.1. The van der Waals surface area contributed by atoms with Gasteiger partial charge in [-0.2, -0.15) is 0 Å². The van der Waals surface area contributed by atoms with Crippen molar-refractivity contribution >= 4 is 21.6 Å². The number of hydrogen-bond acceptors (Lipinski definition) is 1. The highest BCUT2D eigenvalue weighted by atomic mass is 79.9. The molecule has 0 spiro atoms. The van der Waals surface area contributed by atoms with Gasteiger partial charge in [0.2, 0.25) is 0 Å². The molecule has 0 aliphatic heterocycles. The predicted molar refractivity (Wildman–Crippen MR) is 76.2 cm³/mol. The van der Waals surface area contributed by atoms with Gasteiger partial charge in [0.05, 0.1) is 0 Å². The first-order valence-electron chi connectivity index (χ1n) is 6.15. The number of hydrogen-bond donors (Lipinski definition) is 1. The van der Waals surface area contributed by atoms with Gasteiger partial charge in [-0.15, -0.1) is 0 Å². The van der Waals surface area contributed by atoms with E-state index in [4.69, 9.17) is 0 Å². The highest BCUT2D eigenvalue weighted by molar-refractivity contribution is 9.10. The highest BCUT2D eigenvalue weighted by Gasteiger charge is 2.01. The molecule has 0 aromatic heterocycles. The van der Waals surface area contributed by atoms with Crippen molar-refractivity contribution in [1.82, 2.24) is 0 Å². The maximum absolute atomic E-state index is 3.59. The summed E-state index contributed by atoms with van der Waals surface area (Å²) in [7, 11) is 0. The molecule has 0 aliphatic carbocycles. The third-order valence-electron chi connectivity index (χ3n) is 2.80. The van der Waals surface area contributed by atoms with Crippen LogP contribution < -0.4 is 5.32 Å². The summed E-state index contributed by atoms with van der Waals surface area (Å²) in [6, 6.07) is 4.41. The maximum Gasteiger partial charge on any atom is 0.0346 e. The predicted octanol–water partition coefficient (Wildman–Crippen LogP) is 5.06. The van der Waals surface area contributed by atoms with Crippen LogP contribution in [0.15, 0.2) is 16.6 Å². The van der Waals surface area contributed by atoms with Gasteiger partial charge in [0.15, 0.2) is 0 Å². The Balaban J connectivity index is 2.43. The summed E-state index contributed by atoms with van der Waals surface area (Å²) in [4.78, 5) is 0. The summed E-state index contributed by atoms with van der Waals surface area (Å²) in [6.45, 7) is 7.61. The Morgan fingerprint density at radius 1 is 1.06 bits per heavy atom. The third kappa shape index (κ3) is 4.17. The van der Waals surface area contributed by atoms with Crippen LogP contribution in [0, 0.1) is 13.8 Å². The molecular weight excluding hydrogens is 262 g/mol. The minimum atomic E-state index is 1.08. The zero-order valence-electron chi connectivity index (χ0n) is 10.6. The number of rotatable bonds is 6. The van der Waals surface area contributed by atoms with Gasteiger partial charge >= 0.3 is 0 Å². The topological polar surface area (TPSA) is 12.0 Å². The molecule has 16 heavy (non-hydrogen) atoms. The second-order valence-corrected chi connectivity index (χ2v) is 5.20. The van der Waals surface area contributed by atoms with Gasteiger partial charge in [0, 0.05) is 16.7 Å². The van der Waals surface area contributed by atoms with E-state index in [1.165, 1.54) is 47.0 Å². The molecule has 0 bridgehead atoms. The van der Waals surface area contributed by atoms with E-state index in [9.17, 15) is 0 Å². The van der Waals surface area contributed by atoms with Crippen LogP contribution in [0.3, 0.4) is 0 Å². The Labute approximate surface area is 108 Å². The average molecular weight is 284 g/mol. The molecule has 1 aromatic carbocycles. The van der Waals surface area contributed by atoms with Gasteiger partial charge in [-0.25, -0.2) is 0 Å². The fourth-order valence-corrected chi connectivity index (χ4v) is 2.06. The molecule has 1 nitrogen and oxygen atoms in total. The Kier molecular flexibility index (Phi) is 5.89. The fraction of sp³-hybridized carbons (Fsp3) is 0.571. The highest BCUT2D eigenvalue weighted by Crippen LogP contribution is 2.24. The third-order valence-corrected chi connectivity index (χ3v) is 4.05. The normalized spacial score (nSPS) is 10.5. The molecule has 2 heteroatoms. The second-order valence-electron chi connectivity index (χ2n) is 4.41. The molecule has 0 unspecified atom stereocenters. The average Bonchev–Trinajstić information content (AvgIpc) is 2.25. The largest absolute Gasteiger partial charge is 0.385 e. The van der Waals surface area contributed by atoms with Crippen LogP contribution in [0.25, 0.3) is 0 Å². The van der Waals surface area contributed by atoms with Gasteiger partial charge in [-0.05, 0) is 43.5 Å². The first kappa shape index (κ1) is 13.6. The molecule has 90 valence electrons. The molecule has 1 N–H and O–H groups in total. The molecule has 0 radical (unpaired) electrons. The van der Waals surface area contributed by atoms with Crippen molar-refractivity contribution in [3.63, 3.8) is 0 Å². The minimum Gasteiger partial charge on any atom is -0.385 e. The zero-order valence-corrected chi connectivity index (χ0v) is 12.2. The van der Waals surface area contributed by atoms with Crippen molar-refractivity contribution in [1.29, 1.82) is 0 Å². The molecule has 0 saturated carbocycles. The summed E-state index contributed by atoms with van der Waals surface area (Å²) in [5.41, 5.74) is 3.85. The summed E-state index contributed by atoms with van der Waals surface area (Å²) in [6.07, 6.45) is 5.25. The van der Waals surface area contributed by atoms with Crippen LogP contribution in [0.2, 0.25) is 0 Å². The number of halogens is 1. The van der Waals surface area contributed by atoms with E-state index in [-0.39, 0.29) is 0 Å². The number of benzene rings is 1. The Hall–Kier alpha value is -0.500. The van der Waals surface area contributed by atoms with Gasteiger partial charge in [-0.3, -0.25) is 0 Å². The molecule has 0 amide bonds. The second kappa shape index (κ2) is 6.95. The van der Waals surface area contributed by atoms with Crippen LogP contribution in [-0.2, 0) is 0 Å². The lowest BCUT2D eigenvalue weighted by molar-refractivity contribution is 0.685. The monoisotopic (exact) mass is 283 g/mol. The van der Waals surface area contributed by atoms with E-state index in [0.717, 1.165) is 6.54 Å². The number of unbranched alkanes of at least 4 members (excludes halogenated alkanes) is 3. The lowest BCUT2D eigenvalue weighted by Crippen LogP contribution is -2.02. The van der Waals surface area contributed by atoms with Gasteiger partial charge in [0.1, 0.15) is 0 Å². The van der Waals surface area contributed by atoms with Crippen molar-refractivity contribution in [2.75, 3.05) is 11.9 Å². The van der Waals surface area contributed by atoms with Gasteiger partial charge in [-0.1, -0.05) is 42.1 Å². The fourth-order valence-electron chi connectivity index (χ4n) is 1.83. The van der Waals surface area contributed by atoms with Crippen molar-refractivity contribution in [3.05, 3.63) is 27.7 Å². The number of aryl methyl sites for hydroxylation is 2. The van der Waals surface area contributed by atoms with Crippen molar-refractivity contribution in [2.45, 2.75) is 46.5 Å². The van der Waals surface area contributed by atoms with E-state index < -0.39 is 0 Å². The van der Waals surface area contributed by atoms with Crippen molar-refractivity contribution in [2.24, 2.45) is 0 Å². The molecule has 1 rings (SSSR count). The first-order valence-corrected chi connectivity index (χ1v) is 6.95. The molecule has 0 atom stereocenters. The zero-order chi connectivity index (χ0) is 12.0. The van der Waals surface area contributed by atoms with Crippen LogP contribution in [0.1, 0.15) is 43.7 Å². The molecular formula is C14H22BrN. The van der Waals surface area contributed by atoms with E-state index >= 15 is 0 Å².